The molecule has 1 unspecified atom stereocenters. The Hall–Kier alpha value is -1.99. The molecule has 0 spiro atoms. The molecule has 0 aliphatic heterocycles. The summed E-state index contributed by atoms with van der Waals surface area (Å²) < 4.78 is 19.1. The Morgan fingerprint density at radius 2 is 2.00 bits per heavy atom. The molecule has 0 saturated heterocycles. The molecule has 0 saturated carbocycles. The summed E-state index contributed by atoms with van der Waals surface area (Å²) in [6.45, 7) is 1.50. The summed E-state index contributed by atoms with van der Waals surface area (Å²) in [5.74, 6) is -0.421. The average molecular weight is 356 g/mol. The molecule has 0 aliphatic carbocycles. The van der Waals surface area contributed by atoms with Crippen LogP contribution >= 0.6 is 15.9 Å². The molecule has 0 heterocycles. The fraction of sp³-hybridized carbons (Fsp3) is 0.143. The minimum atomic E-state index is -0.835. The van der Waals surface area contributed by atoms with Crippen LogP contribution in [0.2, 0.25) is 0 Å². The lowest BCUT2D eigenvalue weighted by molar-refractivity contribution is -0.385. The van der Waals surface area contributed by atoms with Gasteiger partial charge in [0.25, 0.3) is 0 Å². The number of nitro benzene ring substituents is 1. The minimum absolute atomic E-state index is 0.0318. The van der Waals surface area contributed by atoms with Gasteiger partial charge in [-0.05, 0) is 46.6 Å². The molecule has 2 aromatic carbocycles. The van der Waals surface area contributed by atoms with Crippen molar-refractivity contribution in [1.29, 1.82) is 0 Å². The number of hydrogen-bond donors (Lipinski definition) is 1. The Bertz CT molecular complexity index is 691. The molecule has 110 valence electrons. The van der Waals surface area contributed by atoms with Crippen LogP contribution in [-0.2, 0) is 0 Å². The third kappa shape index (κ3) is 3.56. The number of hydrogen-bond acceptors (Lipinski definition) is 4. The summed E-state index contributed by atoms with van der Waals surface area (Å²) in [6.07, 6.45) is -0.835. The highest BCUT2D eigenvalue weighted by Gasteiger charge is 2.19. The zero-order chi connectivity index (χ0) is 15.6. The van der Waals surface area contributed by atoms with Crippen LogP contribution in [0.5, 0.6) is 11.5 Å². The van der Waals surface area contributed by atoms with E-state index in [1.165, 1.54) is 37.3 Å². The second kappa shape index (κ2) is 6.19. The van der Waals surface area contributed by atoms with Crippen molar-refractivity contribution >= 4 is 21.6 Å². The first kappa shape index (κ1) is 15.4. The standard InChI is InChI=1S/C14H11BrFNO4/c1-8(18)9-2-5-13(12(6-9)17(19)20)21-14-7-10(16)3-4-11(14)15/h2-8,18H,1H3. The van der Waals surface area contributed by atoms with Gasteiger partial charge in [-0.25, -0.2) is 4.39 Å². The third-order valence-corrected chi connectivity index (χ3v) is 3.43. The minimum Gasteiger partial charge on any atom is -0.449 e. The molecular formula is C14H11BrFNO4. The van der Waals surface area contributed by atoms with Crippen molar-refractivity contribution in [2.75, 3.05) is 0 Å². The maximum Gasteiger partial charge on any atom is 0.311 e. The Labute approximate surface area is 128 Å². The Morgan fingerprint density at radius 1 is 1.29 bits per heavy atom. The van der Waals surface area contributed by atoms with E-state index in [9.17, 15) is 19.6 Å². The van der Waals surface area contributed by atoms with E-state index in [4.69, 9.17) is 4.74 Å². The Balaban J connectivity index is 2.44. The van der Waals surface area contributed by atoms with Crippen molar-refractivity contribution in [3.05, 3.63) is 62.4 Å². The number of aliphatic hydroxyl groups excluding tert-OH is 1. The van der Waals surface area contributed by atoms with Gasteiger partial charge in [0.1, 0.15) is 11.6 Å². The molecule has 1 N–H and O–H groups in total. The van der Waals surface area contributed by atoms with E-state index in [1.807, 2.05) is 0 Å². The van der Waals surface area contributed by atoms with E-state index >= 15 is 0 Å². The van der Waals surface area contributed by atoms with Gasteiger partial charge in [-0.15, -0.1) is 0 Å². The van der Waals surface area contributed by atoms with Crippen molar-refractivity contribution in [2.24, 2.45) is 0 Å². The Morgan fingerprint density at radius 3 is 2.62 bits per heavy atom. The molecule has 2 rings (SSSR count). The van der Waals surface area contributed by atoms with Crippen molar-refractivity contribution in [3.8, 4) is 11.5 Å². The van der Waals surface area contributed by atoms with Gasteiger partial charge >= 0.3 is 5.69 Å². The monoisotopic (exact) mass is 355 g/mol. The molecule has 0 amide bonds. The molecule has 5 nitrogen and oxygen atoms in total. The third-order valence-electron chi connectivity index (χ3n) is 2.78. The van der Waals surface area contributed by atoms with Crippen molar-refractivity contribution in [2.45, 2.75) is 13.0 Å². The SMILES string of the molecule is CC(O)c1ccc(Oc2cc(F)ccc2Br)c([N+](=O)[O-])c1. The second-order valence-corrected chi connectivity index (χ2v) is 5.19. The van der Waals surface area contributed by atoms with Gasteiger partial charge in [0, 0.05) is 12.1 Å². The van der Waals surface area contributed by atoms with Gasteiger partial charge in [0.15, 0.2) is 0 Å². The number of halogens is 2. The summed E-state index contributed by atoms with van der Waals surface area (Å²) in [5, 5.41) is 20.6. The second-order valence-electron chi connectivity index (χ2n) is 4.34. The van der Waals surface area contributed by atoms with E-state index in [2.05, 4.69) is 15.9 Å². The fourth-order valence-electron chi connectivity index (χ4n) is 1.70. The van der Waals surface area contributed by atoms with Crippen LogP contribution < -0.4 is 4.74 Å². The molecule has 21 heavy (non-hydrogen) atoms. The van der Waals surface area contributed by atoms with Crippen LogP contribution in [0.3, 0.4) is 0 Å². The van der Waals surface area contributed by atoms with Crippen LogP contribution in [-0.4, -0.2) is 10.0 Å². The van der Waals surface area contributed by atoms with Gasteiger partial charge in [0.05, 0.1) is 15.5 Å². The number of nitro groups is 1. The van der Waals surface area contributed by atoms with Crippen LogP contribution in [0.15, 0.2) is 40.9 Å². The maximum absolute atomic E-state index is 13.2. The van der Waals surface area contributed by atoms with Crippen LogP contribution in [0.4, 0.5) is 10.1 Å². The Kier molecular flexibility index (Phi) is 4.54. The van der Waals surface area contributed by atoms with E-state index in [-0.39, 0.29) is 17.2 Å². The summed E-state index contributed by atoms with van der Waals surface area (Å²) in [6, 6.07) is 7.92. The number of benzene rings is 2. The number of rotatable bonds is 4. The predicted octanol–water partition coefficient (Wildman–Crippen LogP) is 4.34. The first-order chi connectivity index (χ1) is 9.88. The van der Waals surface area contributed by atoms with Gasteiger partial charge in [-0.1, -0.05) is 6.07 Å². The summed E-state index contributed by atoms with van der Waals surface area (Å²) in [5.41, 5.74) is 0.0944. The van der Waals surface area contributed by atoms with E-state index in [0.29, 0.717) is 10.0 Å². The maximum atomic E-state index is 13.2. The van der Waals surface area contributed by atoms with Crippen molar-refractivity contribution < 1.29 is 19.2 Å². The van der Waals surface area contributed by atoms with Gasteiger partial charge in [-0.3, -0.25) is 10.1 Å². The zero-order valence-corrected chi connectivity index (χ0v) is 12.5. The van der Waals surface area contributed by atoms with E-state index in [1.54, 1.807) is 0 Å². The molecule has 0 radical (unpaired) electrons. The summed E-state index contributed by atoms with van der Waals surface area (Å²) in [4.78, 5) is 10.5. The molecular weight excluding hydrogens is 345 g/mol. The normalized spacial score (nSPS) is 12.0. The molecule has 0 bridgehead atoms. The molecule has 2 aromatic rings. The highest BCUT2D eigenvalue weighted by atomic mass is 79.9. The fourth-order valence-corrected chi connectivity index (χ4v) is 2.02. The van der Waals surface area contributed by atoms with Crippen LogP contribution in [0, 0.1) is 15.9 Å². The van der Waals surface area contributed by atoms with Gasteiger partial charge < -0.3 is 9.84 Å². The molecule has 7 heteroatoms. The molecule has 0 aromatic heterocycles. The summed E-state index contributed by atoms with van der Waals surface area (Å²) in [7, 11) is 0. The summed E-state index contributed by atoms with van der Waals surface area (Å²) >= 11 is 3.19. The smallest absolute Gasteiger partial charge is 0.311 e. The molecule has 1 atom stereocenters. The van der Waals surface area contributed by atoms with Crippen LogP contribution in [0.25, 0.3) is 0 Å². The lowest BCUT2D eigenvalue weighted by Gasteiger charge is -2.10. The first-order valence-electron chi connectivity index (χ1n) is 5.98. The first-order valence-corrected chi connectivity index (χ1v) is 6.77. The lowest BCUT2D eigenvalue weighted by Crippen LogP contribution is -1.98. The quantitative estimate of drug-likeness (QED) is 0.653. The van der Waals surface area contributed by atoms with E-state index in [0.717, 1.165) is 6.07 Å². The highest BCUT2D eigenvalue weighted by Crippen LogP contribution is 2.36. The van der Waals surface area contributed by atoms with Crippen molar-refractivity contribution in [3.63, 3.8) is 0 Å². The lowest BCUT2D eigenvalue weighted by atomic mass is 10.1. The number of ether oxygens (including phenoxy) is 1. The van der Waals surface area contributed by atoms with E-state index < -0.39 is 16.8 Å². The van der Waals surface area contributed by atoms with Gasteiger partial charge in [-0.2, -0.15) is 0 Å². The highest BCUT2D eigenvalue weighted by molar-refractivity contribution is 9.10. The molecule has 0 fully saturated rings. The van der Waals surface area contributed by atoms with Crippen LogP contribution in [0.1, 0.15) is 18.6 Å². The zero-order valence-electron chi connectivity index (χ0n) is 10.9. The predicted molar refractivity (Wildman–Crippen MR) is 77.9 cm³/mol. The van der Waals surface area contributed by atoms with Gasteiger partial charge in [0.2, 0.25) is 5.75 Å². The molecule has 0 aliphatic rings. The van der Waals surface area contributed by atoms with Crippen molar-refractivity contribution in [1.82, 2.24) is 0 Å². The number of nitrogens with zero attached hydrogens (tertiary/aromatic N) is 1. The topological polar surface area (TPSA) is 72.6 Å². The number of aliphatic hydroxyl groups is 1. The average Bonchev–Trinajstić information content (AvgIpc) is 2.42. The largest absolute Gasteiger partial charge is 0.449 e.